The maximum atomic E-state index is 14.0. The number of rotatable bonds is 1. The second-order valence-electron chi connectivity index (χ2n) is 5.26. The van der Waals surface area contributed by atoms with Gasteiger partial charge in [-0.05, 0) is 33.8 Å². The zero-order valence-electron chi connectivity index (χ0n) is 10.8. The average Bonchev–Trinajstić information content (AvgIpc) is 2.48. The van der Waals surface area contributed by atoms with Gasteiger partial charge in [0.25, 0.3) is 0 Å². The summed E-state index contributed by atoms with van der Waals surface area (Å²) in [5, 5.41) is 8.76. The molecule has 4 nitrogen and oxygen atoms in total. The van der Waals surface area contributed by atoms with Gasteiger partial charge in [0.2, 0.25) is 0 Å². The van der Waals surface area contributed by atoms with Crippen LogP contribution in [-0.2, 0) is 9.31 Å². The lowest BCUT2D eigenvalue weighted by Crippen LogP contribution is -2.41. The predicted molar refractivity (Wildman–Crippen MR) is 64.6 cm³/mol. The fourth-order valence-corrected chi connectivity index (χ4v) is 1.69. The first-order valence-electron chi connectivity index (χ1n) is 5.68. The molecule has 0 aromatic carbocycles. The SMILES string of the molecule is CC1(C)OB(c2ccnc(C#N)c2F)OC1(C)C. The number of hydrogen-bond donors (Lipinski definition) is 0. The fourth-order valence-electron chi connectivity index (χ4n) is 1.69. The van der Waals surface area contributed by atoms with E-state index in [0.29, 0.717) is 0 Å². The van der Waals surface area contributed by atoms with E-state index < -0.39 is 24.1 Å². The Morgan fingerprint density at radius 3 is 2.33 bits per heavy atom. The molecule has 0 spiro atoms. The number of nitrogens with zero attached hydrogens (tertiary/aromatic N) is 2. The van der Waals surface area contributed by atoms with E-state index in [2.05, 4.69) is 4.98 Å². The standard InChI is InChI=1S/C12H14BFN2O2/c1-11(2)12(3,4)18-13(17-11)8-5-6-16-9(7-15)10(8)14/h5-6H,1-4H3. The minimum atomic E-state index is -0.815. The molecular formula is C12H14BFN2O2. The van der Waals surface area contributed by atoms with Gasteiger partial charge < -0.3 is 9.31 Å². The molecule has 0 N–H and O–H groups in total. The molecule has 1 aliphatic rings. The topological polar surface area (TPSA) is 55.1 Å². The first kappa shape index (κ1) is 13.0. The van der Waals surface area contributed by atoms with Gasteiger partial charge in [-0.15, -0.1) is 0 Å². The largest absolute Gasteiger partial charge is 0.498 e. The van der Waals surface area contributed by atoms with E-state index in [4.69, 9.17) is 14.6 Å². The molecule has 94 valence electrons. The molecule has 6 heteroatoms. The van der Waals surface area contributed by atoms with Crippen LogP contribution in [0.5, 0.6) is 0 Å². The minimum Gasteiger partial charge on any atom is -0.399 e. The van der Waals surface area contributed by atoms with Gasteiger partial charge in [-0.25, -0.2) is 9.37 Å². The normalized spacial score (nSPS) is 20.8. The van der Waals surface area contributed by atoms with Gasteiger partial charge in [-0.1, -0.05) is 0 Å². The Morgan fingerprint density at radius 1 is 1.28 bits per heavy atom. The highest BCUT2D eigenvalue weighted by Crippen LogP contribution is 2.36. The summed E-state index contributed by atoms with van der Waals surface area (Å²) in [7, 11) is -0.815. The van der Waals surface area contributed by atoms with Crippen molar-refractivity contribution < 1.29 is 13.7 Å². The molecule has 0 bridgehead atoms. The van der Waals surface area contributed by atoms with Crippen LogP contribution in [-0.4, -0.2) is 23.3 Å². The van der Waals surface area contributed by atoms with E-state index in [1.165, 1.54) is 12.3 Å². The molecule has 2 rings (SSSR count). The third-order valence-corrected chi connectivity index (χ3v) is 3.53. The van der Waals surface area contributed by atoms with Gasteiger partial charge in [0.05, 0.1) is 11.2 Å². The quantitative estimate of drug-likeness (QED) is 0.704. The molecule has 0 aliphatic carbocycles. The van der Waals surface area contributed by atoms with Gasteiger partial charge in [0.15, 0.2) is 11.5 Å². The Hall–Kier alpha value is -1.45. The third kappa shape index (κ3) is 1.90. The molecule has 0 unspecified atom stereocenters. The van der Waals surface area contributed by atoms with Crippen molar-refractivity contribution in [2.45, 2.75) is 38.9 Å². The lowest BCUT2D eigenvalue weighted by molar-refractivity contribution is 0.00578. The van der Waals surface area contributed by atoms with Crippen molar-refractivity contribution in [3.8, 4) is 6.07 Å². The van der Waals surface area contributed by atoms with Crippen molar-refractivity contribution in [1.82, 2.24) is 4.98 Å². The van der Waals surface area contributed by atoms with Crippen LogP contribution in [0.15, 0.2) is 12.3 Å². The monoisotopic (exact) mass is 248 g/mol. The molecule has 1 aromatic rings. The summed E-state index contributed by atoms with van der Waals surface area (Å²) >= 11 is 0. The highest BCUT2D eigenvalue weighted by Gasteiger charge is 2.52. The van der Waals surface area contributed by atoms with Crippen molar-refractivity contribution >= 4 is 12.6 Å². The lowest BCUT2D eigenvalue weighted by Gasteiger charge is -2.32. The summed E-state index contributed by atoms with van der Waals surface area (Å²) in [6.45, 7) is 7.54. The predicted octanol–water partition coefficient (Wildman–Crippen LogP) is 1.39. The van der Waals surface area contributed by atoms with E-state index in [0.717, 1.165) is 0 Å². The van der Waals surface area contributed by atoms with Crippen LogP contribution in [0.4, 0.5) is 4.39 Å². The highest BCUT2D eigenvalue weighted by atomic mass is 19.1. The highest BCUT2D eigenvalue weighted by molar-refractivity contribution is 6.62. The summed E-state index contributed by atoms with van der Waals surface area (Å²) in [6, 6.07) is 3.17. The number of hydrogen-bond acceptors (Lipinski definition) is 4. The number of nitriles is 1. The van der Waals surface area contributed by atoms with Gasteiger partial charge in [-0.3, -0.25) is 0 Å². The maximum absolute atomic E-state index is 14.0. The second-order valence-corrected chi connectivity index (χ2v) is 5.26. The average molecular weight is 248 g/mol. The van der Waals surface area contributed by atoms with Crippen molar-refractivity contribution in [1.29, 1.82) is 5.26 Å². The molecule has 0 saturated carbocycles. The fraction of sp³-hybridized carbons (Fsp3) is 0.500. The summed E-state index contributed by atoms with van der Waals surface area (Å²) in [5.74, 6) is -0.682. The molecule has 1 fully saturated rings. The van der Waals surface area contributed by atoms with Crippen LogP contribution in [0.1, 0.15) is 33.4 Å². The number of aromatic nitrogens is 1. The van der Waals surface area contributed by atoms with Crippen LogP contribution in [0.3, 0.4) is 0 Å². The van der Waals surface area contributed by atoms with Gasteiger partial charge in [-0.2, -0.15) is 5.26 Å². The molecular weight excluding hydrogens is 234 g/mol. The van der Waals surface area contributed by atoms with E-state index in [1.54, 1.807) is 6.07 Å². The summed E-state index contributed by atoms with van der Waals surface area (Å²) in [6.07, 6.45) is 1.38. The first-order valence-corrected chi connectivity index (χ1v) is 5.68. The van der Waals surface area contributed by atoms with E-state index in [1.807, 2.05) is 27.7 Å². The minimum absolute atomic E-state index is 0.209. The molecule has 1 saturated heterocycles. The van der Waals surface area contributed by atoms with Crippen molar-refractivity contribution in [3.05, 3.63) is 23.8 Å². The Kier molecular flexibility index (Phi) is 2.92. The van der Waals surface area contributed by atoms with Gasteiger partial charge in [0, 0.05) is 11.7 Å². The Bertz CT molecular complexity index is 509. The molecule has 1 aromatic heterocycles. The first-order chi connectivity index (χ1) is 8.28. The molecule has 1 aliphatic heterocycles. The van der Waals surface area contributed by atoms with Crippen LogP contribution in [0.2, 0.25) is 0 Å². The van der Waals surface area contributed by atoms with Crippen LogP contribution in [0.25, 0.3) is 0 Å². The summed E-state index contributed by atoms with van der Waals surface area (Å²) < 4.78 is 25.4. The molecule has 0 atom stereocenters. The maximum Gasteiger partial charge on any atom is 0.498 e. The second kappa shape index (κ2) is 4.04. The van der Waals surface area contributed by atoms with Crippen molar-refractivity contribution in [2.75, 3.05) is 0 Å². The van der Waals surface area contributed by atoms with E-state index in [9.17, 15) is 4.39 Å². The summed E-state index contributed by atoms with van der Waals surface area (Å²) in [4.78, 5) is 3.65. The lowest BCUT2D eigenvalue weighted by atomic mass is 9.79. The van der Waals surface area contributed by atoms with E-state index >= 15 is 0 Å². The van der Waals surface area contributed by atoms with Crippen LogP contribution >= 0.6 is 0 Å². The molecule has 18 heavy (non-hydrogen) atoms. The van der Waals surface area contributed by atoms with Crippen molar-refractivity contribution in [3.63, 3.8) is 0 Å². The summed E-state index contributed by atoms with van der Waals surface area (Å²) in [5.41, 5.74) is -1.12. The third-order valence-electron chi connectivity index (χ3n) is 3.53. The number of pyridine rings is 1. The molecule has 2 heterocycles. The number of halogens is 1. The van der Waals surface area contributed by atoms with Crippen molar-refractivity contribution in [2.24, 2.45) is 0 Å². The Balaban J connectivity index is 2.39. The van der Waals surface area contributed by atoms with Crippen LogP contribution < -0.4 is 5.46 Å². The zero-order chi connectivity index (χ0) is 13.6. The van der Waals surface area contributed by atoms with Crippen LogP contribution in [0, 0.1) is 17.1 Å². The van der Waals surface area contributed by atoms with Gasteiger partial charge >= 0.3 is 7.12 Å². The molecule has 0 radical (unpaired) electrons. The smallest absolute Gasteiger partial charge is 0.399 e. The zero-order valence-corrected chi connectivity index (χ0v) is 10.8. The van der Waals surface area contributed by atoms with E-state index in [-0.39, 0.29) is 11.2 Å². The Labute approximate surface area is 106 Å². The molecule has 0 amide bonds. The van der Waals surface area contributed by atoms with Gasteiger partial charge in [0.1, 0.15) is 6.07 Å². The Morgan fingerprint density at radius 2 is 1.83 bits per heavy atom.